The van der Waals surface area contributed by atoms with Gasteiger partial charge in [0.1, 0.15) is 0 Å². The van der Waals surface area contributed by atoms with E-state index >= 15 is 0 Å². The first-order valence-corrected chi connectivity index (χ1v) is 11.1. The van der Waals surface area contributed by atoms with Crippen molar-refractivity contribution in [1.29, 1.82) is 0 Å². The Morgan fingerprint density at radius 1 is 1.24 bits per heavy atom. The van der Waals surface area contributed by atoms with Gasteiger partial charge in [0.15, 0.2) is 0 Å². The number of carbonyl (C=O) groups is 1. The van der Waals surface area contributed by atoms with Crippen molar-refractivity contribution < 1.29 is 13.2 Å². The number of hydrogen-bond acceptors (Lipinski definition) is 3. The molecule has 0 radical (unpaired) electrons. The number of unbranched alkanes of at least 4 members (excludes halogenated alkanes) is 1. The van der Waals surface area contributed by atoms with Gasteiger partial charge in [-0.1, -0.05) is 38.7 Å². The second kappa shape index (κ2) is 7.77. The molecule has 25 heavy (non-hydrogen) atoms. The smallest absolute Gasteiger partial charge is 0.235 e. The molecule has 1 amide bonds. The third-order valence-electron chi connectivity index (χ3n) is 5.27. The molecule has 3 rings (SSSR count). The van der Waals surface area contributed by atoms with Crippen LogP contribution in [0.5, 0.6) is 0 Å². The summed E-state index contributed by atoms with van der Waals surface area (Å²) in [5.74, 6) is 0.339. The molecule has 0 bridgehead atoms. The van der Waals surface area contributed by atoms with Gasteiger partial charge in [0.2, 0.25) is 15.9 Å². The Kier molecular flexibility index (Phi) is 5.67. The predicted octanol–water partition coefficient (Wildman–Crippen LogP) is 3.70. The maximum Gasteiger partial charge on any atom is 0.235 e. The Hall–Kier alpha value is -1.56. The summed E-state index contributed by atoms with van der Waals surface area (Å²) in [6.07, 6.45) is 7.62. The first kappa shape index (κ1) is 18.2. The van der Waals surface area contributed by atoms with Crippen molar-refractivity contribution in [2.45, 2.75) is 58.3 Å². The van der Waals surface area contributed by atoms with Gasteiger partial charge in [0.25, 0.3) is 0 Å². The van der Waals surface area contributed by atoms with Gasteiger partial charge in [-0.15, -0.1) is 0 Å². The summed E-state index contributed by atoms with van der Waals surface area (Å²) in [6.45, 7) is 2.49. The Bertz CT molecular complexity index is 724. The van der Waals surface area contributed by atoms with E-state index in [4.69, 9.17) is 0 Å². The number of amides is 1. The first-order chi connectivity index (χ1) is 12.0. The van der Waals surface area contributed by atoms with Crippen LogP contribution in [0.15, 0.2) is 18.2 Å². The molecular weight excluding hydrogens is 336 g/mol. The lowest BCUT2D eigenvalue weighted by atomic mass is 9.88. The zero-order valence-electron chi connectivity index (χ0n) is 15.0. The van der Waals surface area contributed by atoms with E-state index in [-0.39, 0.29) is 17.6 Å². The Balaban J connectivity index is 1.74. The molecule has 0 aromatic heterocycles. The van der Waals surface area contributed by atoms with Crippen LogP contribution in [-0.4, -0.2) is 26.6 Å². The average molecular weight is 365 g/mol. The summed E-state index contributed by atoms with van der Waals surface area (Å²) in [4.78, 5) is 12.4. The van der Waals surface area contributed by atoms with E-state index in [1.54, 1.807) is 0 Å². The third kappa shape index (κ3) is 4.17. The van der Waals surface area contributed by atoms with Crippen LogP contribution in [-0.2, 0) is 21.2 Å². The fourth-order valence-electron chi connectivity index (χ4n) is 3.76. The van der Waals surface area contributed by atoms with Gasteiger partial charge in [-0.2, -0.15) is 0 Å². The number of anilines is 2. The second-order valence-corrected chi connectivity index (χ2v) is 9.17. The van der Waals surface area contributed by atoms with Gasteiger partial charge in [0, 0.05) is 18.2 Å². The normalized spacial score (nSPS) is 18.2. The second-order valence-electron chi connectivity index (χ2n) is 7.16. The number of rotatable bonds is 6. The van der Waals surface area contributed by atoms with Gasteiger partial charge >= 0.3 is 0 Å². The van der Waals surface area contributed by atoms with Gasteiger partial charge in [0.05, 0.1) is 11.4 Å². The summed E-state index contributed by atoms with van der Waals surface area (Å²) in [5.41, 5.74) is 2.47. The fourth-order valence-corrected chi connectivity index (χ4v) is 5.48. The zero-order chi connectivity index (χ0) is 17.9. The number of sulfonamides is 1. The van der Waals surface area contributed by atoms with Crippen molar-refractivity contribution in [3.63, 3.8) is 0 Å². The molecule has 1 heterocycles. The van der Waals surface area contributed by atoms with Crippen LogP contribution in [0.2, 0.25) is 0 Å². The van der Waals surface area contributed by atoms with E-state index < -0.39 is 10.0 Å². The standard InChI is InChI=1S/C19H28N2O3S/c1-2-3-13-25(23,24)21-12-11-15-9-10-17(14-18(15)21)20-19(22)16-7-5-4-6-8-16/h9-10,14,16H,2-8,11-13H2,1H3,(H,20,22). The summed E-state index contributed by atoms with van der Waals surface area (Å²) in [5, 5.41) is 3.00. The highest BCUT2D eigenvalue weighted by Gasteiger charge is 2.29. The molecule has 0 unspecified atom stereocenters. The van der Waals surface area contributed by atoms with Gasteiger partial charge in [-0.3, -0.25) is 9.10 Å². The number of carbonyl (C=O) groups excluding carboxylic acids is 1. The van der Waals surface area contributed by atoms with Crippen molar-refractivity contribution in [3.8, 4) is 0 Å². The molecule has 6 heteroatoms. The zero-order valence-corrected chi connectivity index (χ0v) is 15.8. The number of nitrogens with one attached hydrogen (secondary N) is 1. The van der Waals surface area contributed by atoms with Crippen molar-refractivity contribution in [2.24, 2.45) is 5.92 Å². The van der Waals surface area contributed by atoms with E-state index in [9.17, 15) is 13.2 Å². The highest BCUT2D eigenvalue weighted by atomic mass is 32.2. The van der Waals surface area contributed by atoms with Crippen molar-refractivity contribution in [3.05, 3.63) is 23.8 Å². The van der Waals surface area contributed by atoms with Gasteiger partial charge < -0.3 is 5.32 Å². The molecular formula is C19H28N2O3S. The van der Waals surface area contributed by atoms with Crippen LogP contribution in [0.25, 0.3) is 0 Å². The fraction of sp³-hybridized carbons (Fsp3) is 0.632. The molecule has 5 nitrogen and oxygen atoms in total. The molecule has 1 N–H and O–H groups in total. The minimum absolute atomic E-state index is 0.0676. The van der Waals surface area contributed by atoms with Crippen molar-refractivity contribution in [1.82, 2.24) is 0 Å². The summed E-state index contributed by atoms with van der Waals surface area (Å²) >= 11 is 0. The van der Waals surface area contributed by atoms with Crippen molar-refractivity contribution >= 4 is 27.3 Å². The minimum Gasteiger partial charge on any atom is -0.326 e. The minimum atomic E-state index is -3.28. The number of hydrogen-bond donors (Lipinski definition) is 1. The summed E-state index contributed by atoms with van der Waals surface area (Å²) < 4.78 is 26.7. The van der Waals surface area contributed by atoms with E-state index in [0.29, 0.717) is 18.7 Å². The Morgan fingerprint density at radius 2 is 2.00 bits per heavy atom. The Morgan fingerprint density at radius 3 is 2.72 bits per heavy atom. The van der Waals surface area contributed by atoms with E-state index in [2.05, 4.69) is 5.32 Å². The predicted molar refractivity (Wildman–Crippen MR) is 101 cm³/mol. The summed E-state index contributed by atoms with van der Waals surface area (Å²) in [7, 11) is -3.28. The molecule has 0 saturated heterocycles. The maximum atomic E-state index is 12.6. The molecule has 1 aromatic rings. The molecule has 0 atom stereocenters. The largest absolute Gasteiger partial charge is 0.326 e. The van der Waals surface area contributed by atoms with Crippen LogP contribution in [0, 0.1) is 5.92 Å². The summed E-state index contributed by atoms with van der Waals surface area (Å²) in [6, 6.07) is 5.66. The van der Waals surface area contributed by atoms with Gasteiger partial charge in [-0.05, 0) is 43.4 Å². The van der Waals surface area contributed by atoms with Crippen LogP contribution in [0.4, 0.5) is 11.4 Å². The Labute approximate surface area is 150 Å². The van der Waals surface area contributed by atoms with Gasteiger partial charge in [-0.25, -0.2) is 8.42 Å². The monoisotopic (exact) mass is 364 g/mol. The molecule has 1 saturated carbocycles. The van der Waals surface area contributed by atoms with Crippen molar-refractivity contribution in [2.75, 3.05) is 21.9 Å². The molecule has 138 valence electrons. The molecule has 0 spiro atoms. The molecule has 2 aliphatic rings. The molecule has 1 aromatic carbocycles. The number of fused-ring (bicyclic) bond motifs is 1. The van der Waals surface area contributed by atoms with E-state index in [0.717, 1.165) is 49.8 Å². The lowest BCUT2D eigenvalue weighted by molar-refractivity contribution is -0.120. The van der Waals surface area contributed by atoms with Crippen LogP contribution in [0.3, 0.4) is 0 Å². The first-order valence-electron chi connectivity index (χ1n) is 9.45. The average Bonchev–Trinajstić information content (AvgIpc) is 3.05. The van der Waals surface area contributed by atoms with Crippen LogP contribution in [0.1, 0.15) is 57.4 Å². The number of benzene rings is 1. The lowest BCUT2D eigenvalue weighted by Gasteiger charge is -2.22. The topological polar surface area (TPSA) is 66.5 Å². The lowest BCUT2D eigenvalue weighted by Crippen LogP contribution is -2.31. The molecule has 1 aliphatic heterocycles. The quantitative estimate of drug-likeness (QED) is 0.837. The highest BCUT2D eigenvalue weighted by molar-refractivity contribution is 7.92. The molecule has 1 fully saturated rings. The van der Waals surface area contributed by atoms with Crippen LogP contribution >= 0.6 is 0 Å². The third-order valence-corrected chi connectivity index (χ3v) is 7.13. The maximum absolute atomic E-state index is 12.6. The highest BCUT2D eigenvalue weighted by Crippen LogP contribution is 2.34. The number of nitrogens with zero attached hydrogens (tertiary/aromatic N) is 1. The van der Waals surface area contributed by atoms with E-state index in [1.807, 2.05) is 25.1 Å². The van der Waals surface area contributed by atoms with Crippen LogP contribution < -0.4 is 9.62 Å². The SMILES string of the molecule is CCCCS(=O)(=O)N1CCc2ccc(NC(=O)C3CCCCC3)cc21. The molecule has 1 aliphatic carbocycles. The van der Waals surface area contributed by atoms with E-state index in [1.165, 1.54) is 10.7 Å².